The highest BCUT2D eigenvalue weighted by Crippen LogP contribution is 2.16. The zero-order chi connectivity index (χ0) is 14.8. The van der Waals surface area contributed by atoms with Gasteiger partial charge in [-0.2, -0.15) is 0 Å². The van der Waals surface area contributed by atoms with Crippen LogP contribution in [-0.2, 0) is 10.0 Å². The largest absolute Gasteiger partial charge is 0.366 e. The van der Waals surface area contributed by atoms with Gasteiger partial charge in [0.25, 0.3) is 0 Å². The molecule has 1 unspecified atom stereocenters. The van der Waals surface area contributed by atoms with Crippen LogP contribution >= 0.6 is 0 Å². The first-order valence-corrected chi connectivity index (χ1v) is 8.17. The molecule has 0 aliphatic carbocycles. The monoisotopic (exact) mass is 298 g/mol. The summed E-state index contributed by atoms with van der Waals surface area (Å²) >= 11 is 0. The van der Waals surface area contributed by atoms with Crippen LogP contribution in [0.4, 0.5) is 5.82 Å². The second-order valence-electron chi connectivity index (χ2n) is 5.41. The number of aromatic nitrogens is 1. The number of hydrogen-bond donors (Lipinski definition) is 1. The van der Waals surface area contributed by atoms with E-state index in [0.29, 0.717) is 6.04 Å². The van der Waals surface area contributed by atoms with Gasteiger partial charge >= 0.3 is 0 Å². The predicted octanol–water partition coefficient (Wildman–Crippen LogP) is 0.838. The molecule has 6 nitrogen and oxygen atoms in total. The van der Waals surface area contributed by atoms with Gasteiger partial charge in [0, 0.05) is 32.9 Å². The second-order valence-corrected chi connectivity index (χ2v) is 7.56. The molecule has 1 aromatic rings. The standard InChI is InChI=1S/C13H22N4O2S/c1-16(2)20(18,19)12-6-7-13(14-9-12)15-11-5-4-8-17(3)10-11/h6-7,9,11H,4-5,8,10H2,1-3H3,(H,14,15). The first-order valence-electron chi connectivity index (χ1n) is 6.73. The summed E-state index contributed by atoms with van der Waals surface area (Å²) in [6.45, 7) is 2.12. The molecular formula is C13H22N4O2S. The lowest BCUT2D eigenvalue weighted by molar-refractivity contribution is 0.261. The third-order valence-corrected chi connectivity index (χ3v) is 5.29. The zero-order valence-corrected chi connectivity index (χ0v) is 13.0. The first kappa shape index (κ1) is 15.2. The minimum Gasteiger partial charge on any atom is -0.366 e. The number of pyridine rings is 1. The van der Waals surface area contributed by atoms with Gasteiger partial charge < -0.3 is 10.2 Å². The number of likely N-dealkylation sites (tertiary alicyclic amines) is 1. The Labute approximate surface area is 120 Å². The molecule has 1 saturated heterocycles. The van der Waals surface area contributed by atoms with Gasteiger partial charge in [-0.3, -0.25) is 0 Å². The Morgan fingerprint density at radius 2 is 2.15 bits per heavy atom. The number of anilines is 1. The topological polar surface area (TPSA) is 65.5 Å². The molecule has 0 aromatic carbocycles. The lowest BCUT2D eigenvalue weighted by atomic mass is 10.1. The number of sulfonamides is 1. The summed E-state index contributed by atoms with van der Waals surface area (Å²) in [6, 6.07) is 3.69. The van der Waals surface area contributed by atoms with Crippen molar-refractivity contribution in [1.29, 1.82) is 0 Å². The van der Waals surface area contributed by atoms with E-state index in [1.54, 1.807) is 12.1 Å². The van der Waals surface area contributed by atoms with Crippen LogP contribution in [0.5, 0.6) is 0 Å². The molecule has 1 atom stereocenters. The maximum atomic E-state index is 11.9. The van der Waals surface area contributed by atoms with Crippen molar-refractivity contribution in [3.05, 3.63) is 18.3 Å². The summed E-state index contributed by atoms with van der Waals surface area (Å²) in [7, 11) is 1.73. The van der Waals surface area contributed by atoms with Crippen molar-refractivity contribution < 1.29 is 8.42 Å². The Morgan fingerprint density at radius 3 is 2.70 bits per heavy atom. The van der Waals surface area contributed by atoms with Crippen molar-refractivity contribution in [3.63, 3.8) is 0 Å². The van der Waals surface area contributed by atoms with E-state index in [-0.39, 0.29) is 4.90 Å². The average Bonchev–Trinajstić information content (AvgIpc) is 2.39. The number of likely N-dealkylation sites (N-methyl/N-ethyl adjacent to an activating group) is 1. The second kappa shape index (κ2) is 6.07. The molecule has 0 bridgehead atoms. The third kappa shape index (κ3) is 3.47. The molecule has 2 rings (SSSR count). The molecule has 1 N–H and O–H groups in total. The van der Waals surface area contributed by atoms with E-state index in [9.17, 15) is 8.42 Å². The van der Waals surface area contributed by atoms with Gasteiger partial charge in [0.1, 0.15) is 10.7 Å². The maximum Gasteiger partial charge on any atom is 0.244 e. The highest BCUT2D eigenvalue weighted by Gasteiger charge is 2.19. The van der Waals surface area contributed by atoms with Gasteiger partial charge in [0.15, 0.2) is 0 Å². The average molecular weight is 298 g/mol. The summed E-state index contributed by atoms with van der Waals surface area (Å²) in [5, 5.41) is 3.36. The van der Waals surface area contributed by atoms with Crippen LogP contribution in [0.25, 0.3) is 0 Å². The summed E-state index contributed by atoms with van der Waals surface area (Å²) in [4.78, 5) is 6.71. The number of hydrogen-bond acceptors (Lipinski definition) is 5. The van der Waals surface area contributed by atoms with Gasteiger partial charge in [0.05, 0.1) is 0 Å². The normalized spacial score (nSPS) is 21.1. The molecule has 2 heterocycles. The Kier molecular flexibility index (Phi) is 4.62. The molecule has 1 aromatic heterocycles. The maximum absolute atomic E-state index is 11.9. The minimum absolute atomic E-state index is 0.216. The minimum atomic E-state index is -3.40. The van der Waals surface area contributed by atoms with E-state index in [0.717, 1.165) is 25.3 Å². The quantitative estimate of drug-likeness (QED) is 0.892. The number of nitrogens with one attached hydrogen (secondary N) is 1. The fourth-order valence-corrected chi connectivity index (χ4v) is 3.17. The highest BCUT2D eigenvalue weighted by molar-refractivity contribution is 7.89. The molecule has 1 aliphatic rings. The molecule has 7 heteroatoms. The van der Waals surface area contributed by atoms with E-state index in [1.807, 2.05) is 0 Å². The van der Waals surface area contributed by atoms with Crippen molar-refractivity contribution in [2.75, 3.05) is 39.5 Å². The van der Waals surface area contributed by atoms with Gasteiger partial charge in [-0.25, -0.2) is 17.7 Å². The van der Waals surface area contributed by atoms with E-state index < -0.39 is 10.0 Å². The smallest absolute Gasteiger partial charge is 0.244 e. The lowest BCUT2D eigenvalue weighted by Crippen LogP contribution is -2.39. The molecular weight excluding hydrogens is 276 g/mol. The Balaban J connectivity index is 2.05. The van der Waals surface area contributed by atoms with Gasteiger partial charge in [-0.05, 0) is 38.6 Å². The molecule has 1 aliphatic heterocycles. The molecule has 0 spiro atoms. The summed E-state index contributed by atoms with van der Waals surface area (Å²) in [5.74, 6) is 0.725. The van der Waals surface area contributed by atoms with E-state index in [1.165, 1.54) is 31.0 Å². The van der Waals surface area contributed by atoms with Crippen molar-refractivity contribution in [1.82, 2.24) is 14.2 Å². The molecule has 0 radical (unpaired) electrons. The predicted molar refractivity (Wildman–Crippen MR) is 79.3 cm³/mol. The van der Waals surface area contributed by atoms with Crippen LogP contribution in [0.15, 0.2) is 23.2 Å². The summed E-state index contributed by atoms with van der Waals surface area (Å²) < 4.78 is 25.1. The van der Waals surface area contributed by atoms with Crippen LogP contribution in [-0.4, -0.2) is 62.9 Å². The third-order valence-electron chi connectivity index (χ3n) is 3.49. The van der Waals surface area contributed by atoms with E-state index in [4.69, 9.17) is 0 Å². The number of rotatable bonds is 4. The van der Waals surface area contributed by atoms with Crippen molar-refractivity contribution in [2.24, 2.45) is 0 Å². The Morgan fingerprint density at radius 1 is 1.40 bits per heavy atom. The number of piperidine rings is 1. The number of nitrogens with zero attached hydrogens (tertiary/aromatic N) is 3. The van der Waals surface area contributed by atoms with Crippen LogP contribution in [0.1, 0.15) is 12.8 Å². The SMILES string of the molecule is CN1CCCC(Nc2ccc(S(=O)(=O)N(C)C)cn2)C1. The van der Waals surface area contributed by atoms with Crippen molar-refractivity contribution in [2.45, 2.75) is 23.8 Å². The Hall–Kier alpha value is -1.18. The van der Waals surface area contributed by atoms with E-state index in [2.05, 4.69) is 22.2 Å². The Bertz CT molecular complexity index is 542. The van der Waals surface area contributed by atoms with Crippen LogP contribution in [0.3, 0.4) is 0 Å². The fourth-order valence-electron chi connectivity index (χ4n) is 2.32. The molecule has 1 fully saturated rings. The lowest BCUT2D eigenvalue weighted by Gasteiger charge is -2.30. The van der Waals surface area contributed by atoms with Crippen LogP contribution < -0.4 is 5.32 Å². The first-order chi connectivity index (χ1) is 9.39. The fraction of sp³-hybridized carbons (Fsp3) is 0.615. The van der Waals surface area contributed by atoms with Gasteiger partial charge in [-0.1, -0.05) is 0 Å². The van der Waals surface area contributed by atoms with Gasteiger partial charge in [-0.15, -0.1) is 0 Å². The van der Waals surface area contributed by atoms with E-state index >= 15 is 0 Å². The summed E-state index contributed by atoms with van der Waals surface area (Å²) in [5.41, 5.74) is 0. The zero-order valence-electron chi connectivity index (χ0n) is 12.2. The van der Waals surface area contributed by atoms with Gasteiger partial charge in [0.2, 0.25) is 10.0 Å². The highest BCUT2D eigenvalue weighted by atomic mass is 32.2. The van der Waals surface area contributed by atoms with Crippen molar-refractivity contribution in [3.8, 4) is 0 Å². The summed E-state index contributed by atoms with van der Waals surface area (Å²) in [6.07, 6.45) is 3.69. The van der Waals surface area contributed by atoms with Crippen LogP contribution in [0.2, 0.25) is 0 Å². The molecule has 20 heavy (non-hydrogen) atoms. The molecule has 112 valence electrons. The molecule has 0 saturated carbocycles. The van der Waals surface area contributed by atoms with Crippen LogP contribution in [0, 0.1) is 0 Å². The van der Waals surface area contributed by atoms with Crippen molar-refractivity contribution >= 4 is 15.8 Å². The molecule has 0 amide bonds.